The van der Waals surface area contributed by atoms with Gasteiger partial charge in [-0.25, -0.2) is 0 Å². The fourth-order valence-corrected chi connectivity index (χ4v) is 1.32. The van der Waals surface area contributed by atoms with E-state index in [1.807, 2.05) is 0 Å². The van der Waals surface area contributed by atoms with Crippen LogP contribution in [-0.2, 0) is 0 Å². The molecule has 0 fully saturated rings. The van der Waals surface area contributed by atoms with E-state index in [4.69, 9.17) is 5.11 Å². The lowest BCUT2D eigenvalue weighted by molar-refractivity contribution is -0.385. The summed E-state index contributed by atoms with van der Waals surface area (Å²) < 4.78 is 27.2. The van der Waals surface area contributed by atoms with E-state index < -0.39 is 16.5 Å². The number of nitrogens with zero attached hydrogens (tertiary/aromatic N) is 2. The van der Waals surface area contributed by atoms with Crippen LogP contribution in [0, 0.1) is 20.2 Å². The Morgan fingerprint density at radius 3 is 1.61 bits per heavy atom. The molecule has 0 aliphatic heterocycles. The van der Waals surface area contributed by atoms with Crippen molar-refractivity contribution in [3.05, 3.63) is 68.8 Å². The quantitative estimate of drug-likeness (QED) is 0.678. The molecule has 10 heteroatoms. The second-order valence-electron chi connectivity index (χ2n) is 3.90. The number of benzene rings is 2. The van der Waals surface area contributed by atoms with Gasteiger partial charge >= 0.3 is 6.61 Å². The Kier molecular flexibility index (Phi) is 6.34. The Morgan fingerprint density at radius 2 is 1.26 bits per heavy atom. The third-order valence-electron chi connectivity index (χ3n) is 2.33. The highest BCUT2D eigenvalue weighted by Gasteiger charge is 2.07. The summed E-state index contributed by atoms with van der Waals surface area (Å²) in [6, 6.07) is 9.46. The summed E-state index contributed by atoms with van der Waals surface area (Å²) in [6.45, 7) is -2.92. The summed E-state index contributed by atoms with van der Waals surface area (Å²) in [5, 5.41) is 28.9. The van der Waals surface area contributed by atoms with Crippen LogP contribution in [0.2, 0.25) is 0 Å². The zero-order valence-electron chi connectivity index (χ0n) is 11.3. The lowest BCUT2D eigenvalue weighted by atomic mass is 10.3. The standard InChI is InChI=1S/C7H5F2NO3.C6H5NO3/c8-7(9)13-6-3-1-5(2-4-6)10(11)12;8-6-3-1-5(2-4-6)7(9)10/h1-4,7H;1-4,8H. The molecule has 1 N–H and O–H groups in total. The number of phenols is 1. The monoisotopic (exact) mass is 328 g/mol. The van der Waals surface area contributed by atoms with E-state index >= 15 is 0 Å². The number of nitro groups is 2. The SMILES string of the molecule is O=[N+]([O-])c1ccc(O)cc1.O=[N+]([O-])c1ccc(OC(F)F)cc1. The van der Waals surface area contributed by atoms with Gasteiger partial charge in [-0.3, -0.25) is 20.2 Å². The number of hydrogen-bond donors (Lipinski definition) is 1. The third kappa shape index (κ3) is 6.33. The molecule has 0 saturated carbocycles. The summed E-state index contributed by atoms with van der Waals surface area (Å²) in [6.07, 6.45) is 0. The highest BCUT2D eigenvalue weighted by atomic mass is 19.3. The van der Waals surface area contributed by atoms with Gasteiger partial charge in [0.05, 0.1) is 9.85 Å². The predicted molar refractivity (Wildman–Crippen MR) is 74.5 cm³/mol. The van der Waals surface area contributed by atoms with E-state index in [0.29, 0.717) is 0 Å². The van der Waals surface area contributed by atoms with Crippen molar-refractivity contribution in [2.45, 2.75) is 6.61 Å². The molecule has 0 atom stereocenters. The molecule has 2 aromatic rings. The summed E-state index contributed by atoms with van der Waals surface area (Å²) in [5.74, 6) is -0.0637. The normalized spacial score (nSPS) is 9.70. The van der Waals surface area contributed by atoms with E-state index in [9.17, 15) is 29.0 Å². The highest BCUT2D eigenvalue weighted by molar-refractivity contribution is 5.36. The molecular formula is C13H10F2N2O6. The maximum atomic E-state index is 11.6. The van der Waals surface area contributed by atoms with Crippen LogP contribution in [0.15, 0.2) is 48.5 Å². The van der Waals surface area contributed by atoms with Gasteiger partial charge < -0.3 is 9.84 Å². The first-order chi connectivity index (χ1) is 10.8. The molecule has 8 nitrogen and oxygen atoms in total. The molecule has 0 bridgehead atoms. The zero-order valence-corrected chi connectivity index (χ0v) is 11.3. The van der Waals surface area contributed by atoms with Gasteiger partial charge in [0.15, 0.2) is 0 Å². The summed E-state index contributed by atoms with van der Waals surface area (Å²) in [7, 11) is 0. The smallest absolute Gasteiger partial charge is 0.387 e. The van der Waals surface area contributed by atoms with Crippen molar-refractivity contribution in [2.75, 3.05) is 0 Å². The number of ether oxygens (including phenoxy) is 1. The van der Waals surface area contributed by atoms with Crippen LogP contribution in [-0.4, -0.2) is 21.6 Å². The molecule has 2 aromatic carbocycles. The molecule has 2 rings (SSSR count). The fraction of sp³-hybridized carbons (Fsp3) is 0.0769. The molecule has 0 heterocycles. The van der Waals surface area contributed by atoms with E-state index in [2.05, 4.69) is 4.74 Å². The van der Waals surface area contributed by atoms with Crippen molar-refractivity contribution in [1.82, 2.24) is 0 Å². The number of phenolic OH excluding ortho intramolecular Hbond substituents is 1. The van der Waals surface area contributed by atoms with Crippen LogP contribution in [0.25, 0.3) is 0 Å². The first-order valence-electron chi connectivity index (χ1n) is 5.92. The predicted octanol–water partition coefficient (Wildman–Crippen LogP) is 3.50. The van der Waals surface area contributed by atoms with Crippen molar-refractivity contribution < 1.29 is 28.5 Å². The van der Waals surface area contributed by atoms with Gasteiger partial charge in [-0.15, -0.1) is 0 Å². The number of non-ortho nitro benzene ring substituents is 2. The van der Waals surface area contributed by atoms with E-state index in [1.54, 1.807) is 0 Å². The van der Waals surface area contributed by atoms with Crippen molar-refractivity contribution in [2.24, 2.45) is 0 Å². The van der Waals surface area contributed by atoms with Crippen LogP contribution in [0.4, 0.5) is 20.2 Å². The van der Waals surface area contributed by atoms with Crippen LogP contribution < -0.4 is 4.74 Å². The van der Waals surface area contributed by atoms with Crippen LogP contribution >= 0.6 is 0 Å². The average molecular weight is 328 g/mol. The lowest BCUT2D eigenvalue weighted by Crippen LogP contribution is -2.01. The van der Waals surface area contributed by atoms with Gasteiger partial charge in [0.2, 0.25) is 0 Å². The molecule has 0 saturated heterocycles. The van der Waals surface area contributed by atoms with Crippen molar-refractivity contribution >= 4 is 11.4 Å². The molecule has 0 amide bonds. The first kappa shape index (κ1) is 17.8. The number of halogens is 2. The maximum Gasteiger partial charge on any atom is 0.387 e. The Bertz CT molecular complexity index is 661. The number of hydrogen-bond acceptors (Lipinski definition) is 6. The van der Waals surface area contributed by atoms with Crippen LogP contribution in [0.1, 0.15) is 0 Å². The van der Waals surface area contributed by atoms with E-state index in [0.717, 1.165) is 24.3 Å². The topological polar surface area (TPSA) is 116 Å². The third-order valence-corrected chi connectivity index (χ3v) is 2.33. The van der Waals surface area contributed by atoms with E-state index in [1.165, 1.54) is 24.3 Å². The van der Waals surface area contributed by atoms with Gasteiger partial charge in [-0.2, -0.15) is 8.78 Å². The summed E-state index contributed by atoms with van der Waals surface area (Å²) in [4.78, 5) is 19.1. The van der Waals surface area contributed by atoms with Gasteiger partial charge in [0, 0.05) is 24.3 Å². The number of aromatic hydroxyl groups is 1. The van der Waals surface area contributed by atoms with Gasteiger partial charge in [0.25, 0.3) is 11.4 Å². The second kappa shape index (κ2) is 8.22. The molecule has 122 valence electrons. The summed E-state index contributed by atoms with van der Waals surface area (Å²) in [5.41, 5.74) is -0.181. The minimum Gasteiger partial charge on any atom is -0.508 e. The Balaban J connectivity index is 0.000000238. The summed E-state index contributed by atoms with van der Waals surface area (Å²) >= 11 is 0. The molecule has 0 spiro atoms. The van der Waals surface area contributed by atoms with Crippen molar-refractivity contribution in [3.8, 4) is 11.5 Å². The largest absolute Gasteiger partial charge is 0.508 e. The first-order valence-corrected chi connectivity index (χ1v) is 5.92. The minimum atomic E-state index is -2.92. The molecule has 0 unspecified atom stereocenters. The van der Waals surface area contributed by atoms with Crippen LogP contribution in [0.3, 0.4) is 0 Å². The molecule has 0 radical (unpaired) electrons. The van der Waals surface area contributed by atoms with Crippen molar-refractivity contribution in [3.63, 3.8) is 0 Å². The Labute approximate surface area is 127 Å². The minimum absolute atomic E-state index is 0.0159. The number of alkyl halides is 2. The molecule has 0 aliphatic rings. The molecule has 0 aliphatic carbocycles. The van der Waals surface area contributed by atoms with Gasteiger partial charge in [-0.1, -0.05) is 0 Å². The Morgan fingerprint density at radius 1 is 0.870 bits per heavy atom. The second-order valence-corrected chi connectivity index (χ2v) is 3.90. The molecule has 23 heavy (non-hydrogen) atoms. The zero-order chi connectivity index (χ0) is 17.4. The number of nitro benzene ring substituents is 2. The Hall–Kier alpha value is -3.30. The average Bonchev–Trinajstić information content (AvgIpc) is 2.48. The van der Waals surface area contributed by atoms with Crippen molar-refractivity contribution in [1.29, 1.82) is 0 Å². The lowest BCUT2D eigenvalue weighted by Gasteiger charge is -2.02. The molecular weight excluding hydrogens is 318 g/mol. The highest BCUT2D eigenvalue weighted by Crippen LogP contribution is 2.18. The van der Waals surface area contributed by atoms with Gasteiger partial charge in [-0.05, 0) is 24.3 Å². The molecule has 0 aromatic heterocycles. The van der Waals surface area contributed by atoms with Crippen LogP contribution in [0.5, 0.6) is 11.5 Å². The number of rotatable bonds is 4. The van der Waals surface area contributed by atoms with E-state index in [-0.39, 0.29) is 22.9 Å². The van der Waals surface area contributed by atoms with Gasteiger partial charge in [0.1, 0.15) is 11.5 Å². The maximum absolute atomic E-state index is 11.6. The fourth-order valence-electron chi connectivity index (χ4n) is 1.32.